The molecule has 2 rings (SSSR count). The summed E-state index contributed by atoms with van der Waals surface area (Å²) in [6.45, 7) is -0.208. The molecule has 0 N–H and O–H groups in total. The molecule has 0 aliphatic carbocycles. The summed E-state index contributed by atoms with van der Waals surface area (Å²) in [6.07, 6.45) is 1.11. The van der Waals surface area contributed by atoms with Gasteiger partial charge in [-0.05, 0) is 11.5 Å². The minimum Gasteiger partial charge on any atom is -0.347 e. The zero-order chi connectivity index (χ0) is 15.6. The van der Waals surface area contributed by atoms with E-state index in [1.165, 1.54) is 4.90 Å². The van der Waals surface area contributed by atoms with Crippen molar-refractivity contribution in [3.8, 4) is 0 Å². The number of rotatable bonds is 4. The summed E-state index contributed by atoms with van der Waals surface area (Å²) in [5.74, 6) is -0.270. The van der Waals surface area contributed by atoms with Gasteiger partial charge in [0.1, 0.15) is 6.54 Å². The van der Waals surface area contributed by atoms with Crippen molar-refractivity contribution < 1.29 is 13.2 Å². The molecule has 0 fully saturated rings. The van der Waals surface area contributed by atoms with Gasteiger partial charge >= 0.3 is 0 Å². The molecule has 0 saturated carbocycles. The predicted octanol–water partition coefficient (Wildman–Crippen LogP) is 1.69. The van der Waals surface area contributed by atoms with Crippen LogP contribution in [-0.4, -0.2) is 46.1 Å². The number of sulfonamides is 1. The van der Waals surface area contributed by atoms with Crippen LogP contribution in [-0.2, 0) is 14.8 Å². The van der Waals surface area contributed by atoms with Crippen LogP contribution in [0.3, 0.4) is 0 Å². The average molecular weight is 306 g/mol. The molecular weight excluding hydrogens is 288 g/mol. The highest BCUT2D eigenvalue weighted by atomic mass is 32.2. The number of nitrogens with zero attached hydrogens (tertiary/aromatic N) is 2. The Morgan fingerprint density at radius 1 is 1.05 bits per heavy atom. The van der Waals surface area contributed by atoms with Crippen LogP contribution in [0.25, 0.3) is 10.8 Å². The SMILES string of the molecule is CN(C)C(=O)CN(c1cccc2ccccc12)S(C)(=O)=O. The van der Waals surface area contributed by atoms with Crippen LogP contribution in [0.2, 0.25) is 0 Å². The average Bonchev–Trinajstić information content (AvgIpc) is 2.42. The summed E-state index contributed by atoms with van der Waals surface area (Å²) in [6, 6.07) is 12.9. The van der Waals surface area contributed by atoms with Crippen LogP contribution in [0.1, 0.15) is 0 Å². The monoisotopic (exact) mass is 306 g/mol. The van der Waals surface area contributed by atoms with E-state index in [0.29, 0.717) is 5.69 Å². The van der Waals surface area contributed by atoms with Crippen LogP contribution in [0.5, 0.6) is 0 Å². The maximum Gasteiger partial charge on any atom is 0.242 e. The van der Waals surface area contributed by atoms with E-state index in [1.54, 1.807) is 26.2 Å². The van der Waals surface area contributed by atoms with E-state index in [-0.39, 0.29) is 12.5 Å². The van der Waals surface area contributed by atoms with Crippen LogP contribution in [0, 0.1) is 0 Å². The molecule has 0 aromatic heterocycles. The zero-order valence-electron chi connectivity index (χ0n) is 12.3. The Kier molecular flexibility index (Phi) is 4.18. The lowest BCUT2D eigenvalue weighted by Crippen LogP contribution is -2.39. The predicted molar refractivity (Wildman–Crippen MR) is 84.8 cm³/mol. The number of benzene rings is 2. The van der Waals surface area contributed by atoms with Gasteiger partial charge in [0, 0.05) is 19.5 Å². The highest BCUT2D eigenvalue weighted by Crippen LogP contribution is 2.28. The third-order valence-corrected chi connectivity index (χ3v) is 4.34. The van der Waals surface area contributed by atoms with Crippen molar-refractivity contribution in [2.75, 3.05) is 31.2 Å². The van der Waals surface area contributed by atoms with Crippen LogP contribution in [0.15, 0.2) is 42.5 Å². The highest BCUT2D eigenvalue weighted by Gasteiger charge is 2.23. The van der Waals surface area contributed by atoms with Crippen molar-refractivity contribution >= 4 is 32.4 Å². The van der Waals surface area contributed by atoms with Gasteiger partial charge < -0.3 is 4.90 Å². The maximum absolute atomic E-state index is 12.1. The van der Waals surface area contributed by atoms with Gasteiger partial charge in [-0.3, -0.25) is 9.10 Å². The summed E-state index contributed by atoms with van der Waals surface area (Å²) in [7, 11) is -0.346. The van der Waals surface area contributed by atoms with E-state index in [4.69, 9.17) is 0 Å². The van der Waals surface area contributed by atoms with Crippen molar-refractivity contribution in [3.05, 3.63) is 42.5 Å². The molecule has 21 heavy (non-hydrogen) atoms. The largest absolute Gasteiger partial charge is 0.347 e. The summed E-state index contributed by atoms with van der Waals surface area (Å²) in [5, 5.41) is 1.73. The van der Waals surface area contributed by atoms with Gasteiger partial charge in [-0.25, -0.2) is 8.42 Å². The van der Waals surface area contributed by atoms with Gasteiger partial charge in [-0.1, -0.05) is 36.4 Å². The topological polar surface area (TPSA) is 57.7 Å². The number of carbonyl (C=O) groups excluding carboxylic acids is 1. The highest BCUT2D eigenvalue weighted by molar-refractivity contribution is 7.92. The number of carbonyl (C=O) groups is 1. The fraction of sp³-hybridized carbons (Fsp3) is 0.267. The first-order valence-corrected chi connectivity index (χ1v) is 8.31. The summed E-state index contributed by atoms with van der Waals surface area (Å²) in [4.78, 5) is 13.3. The van der Waals surface area contributed by atoms with Crippen LogP contribution < -0.4 is 4.31 Å². The standard InChI is InChI=1S/C15H18N2O3S/c1-16(2)15(18)11-17(21(3,19)20)14-10-6-8-12-7-4-5-9-13(12)14/h4-10H,11H2,1-3H3. The molecule has 0 aliphatic heterocycles. The Morgan fingerprint density at radius 2 is 1.67 bits per heavy atom. The van der Waals surface area contributed by atoms with E-state index >= 15 is 0 Å². The van der Waals surface area contributed by atoms with Gasteiger partial charge in [-0.15, -0.1) is 0 Å². The number of amides is 1. The lowest BCUT2D eigenvalue weighted by atomic mass is 10.1. The lowest BCUT2D eigenvalue weighted by molar-refractivity contribution is -0.127. The number of hydrogen-bond donors (Lipinski definition) is 0. The van der Waals surface area contributed by atoms with E-state index < -0.39 is 10.0 Å². The quantitative estimate of drug-likeness (QED) is 0.864. The number of likely N-dealkylation sites (N-methyl/N-ethyl adjacent to an activating group) is 1. The Bertz CT molecular complexity index is 764. The van der Waals surface area contributed by atoms with Crippen LogP contribution in [0.4, 0.5) is 5.69 Å². The van der Waals surface area contributed by atoms with Gasteiger partial charge in [0.15, 0.2) is 0 Å². The first kappa shape index (κ1) is 15.3. The Balaban J connectivity index is 2.57. The second-order valence-corrected chi connectivity index (χ2v) is 6.96. The third kappa shape index (κ3) is 3.33. The first-order valence-electron chi connectivity index (χ1n) is 6.46. The molecule has 0 heterocycles. The van der Waals surface area contributed by atoms with Gasteiger partial charge in [-0.2, -0.15) is 0 Å². The fourth-order valence-electron chi connectivity index (χ4n) is 2.07. The third-order valence-electron chi connectivity index (χ3n) is 3.21. The molecule has 0 atom stereocenters. The van der Waals surface area contributed by atoms with Gasteiger partial charge in [0.05, 0.1) is 11.9 Å². The Labute approximate surface area is 124 Å². The lowest BCUT2D eigenvalue weighted by Gasteiger charge is -2.24. The Morgan fingerprint density at radius 3 is 2.29 bits per heavy atom. The van der Waals surface area contributed by atoms with E-state index in [1.807, 2.05) is 30.3 Å². The van der Waals surface area contributed by atoms with E-state index in [9.17, 15) is 13.2 Å². The fourth-order valence-corrected chi connectivity index (χ4v) is 2.93. The second-order valence-electron chi connectivity index (χ2n) is 5.06. The van der Waals surface area contributed by atoms with Crippen molar-refractivity contribution in [1.82, 2.24) is 4.90 Å². The number of hydrogen-bond acceptors (Lipinski definition) is 3. The zero-order valence-corrected chi connectivity index (χ0v) is 13.1. The summed E-state index contributed by atoms with van der Waals surface area (Å²) >= 11 is 0. The first-order chi connectivity index (χ1) is 9.80. The van der Waals surface area contributed by atoms with Crippen molar-refractivity contribution in [2.24, 2.45) is 0 Å². The van der Waals surface area contributed by atoms with Gasteiger partial charge in [0.2, 0.25) is 15.9 Å². The molecule has 6 heteroatoms. The van der Waals surface area contributed by atoms with E-state index in [2.05, 4.69) is 0 Å². The smallest absolute Gasteiger partial charge is 0.242 e. The van der Waals surface area contributed by atoms with Crippen LogP contribution >= 0.6 is 0 Å². The van der Waals surface area contributed by atoms with E-state index in [0.717, 1.165) is 21.3 Å². The van der Waals surface area contributed by atoms with Crippen molar-refractivity contribution in [3.63, 3.8) is 0 Å². The molecule has 0 bridgehead atoms. The molecule has 1 amide bonds. The minimum atomic E-state index is -3.55. The molecule has 0 aliphatic rings. The summed E-state index contributed by atoms with van der Waals surface area (Å²) in [5.41, 5.74) is 0.519. The molecule has 112 valence electrons. The number of anilines is 1. The minimum absolute atomic E-state index is 0.208. The summed E-state index contributed by atoms with van der Waals surface area (Å²) < 4.78 is 25.3. The number of fused-ring (bicyclic) bond motifs is 1. The molecular formula is C15H18N2O3S. The second kappa shape index (κ2) is 5.73. The van der Waals surface area contributed by atoms with Crippen molar-refractivity contribution in [1.29, 1.82) is 0 Å². The molecule has 2 aromatic carbocycles. The molecule has 0 unspecified atom stereocenters. The van der Waals surface area contributed by atoms with Crippen molar-refractivity contribution in [2.45, 2.75) is 0 Å². The molecule has 0 radical (unpaired) electrons. The molecule has 0 spiro atoms. The molecule has 0 saturated heterocycles. The molecule has 2 aromatic rings. The van der Waals surface area contributed by atoms with Gasteiger partial charge in [0.25, 0.3) is 0 Å². The Hall–Kier alpha value is -2.08. The normalized spacial score (nSPS) is 11.4. The molecule has 5 nitrogen and oxygen atoms in total. The maximum atomic E-state index is 12.1.